The molecular weight excluding hydrogens is 305 g/mol. The van der Waals surface area contributed by atoms with E-state index in [1.807, 2.05) is 31.2 Å². The van der Waals surface area contributed by atoms with Crippen LogP contribution in [0, 0.1) is 12.7 Å². The summed E-state index contributed by atoms with van der Waals surface area (Å²) < 4.78 is 12.9. The number of aromatic nitrogens is 1. The second-order valence-electron chi connectivity index (χ2n) is 5.38. The molecule has 0 aliphatic heterocycles. The number of nitrogens with one attached hydrogen (secondary N) is 2. The zero-order valence-electron chi connectivity index (χ0n) is 13.1. The highest BCUT2D eigenvalue weighted by Gasteiger charge is 2.07. The maximum absolute atomic E-state index is 12.9. The summed E-state index contributed by atoms with van der Waals surface area (Å²) in [5, 5.41) is 5.86. The molecule has 120 valence electrons. The number of rotatable bonds is 4. The monoisotopic (exact) mass is 321 g/mol. The highest BCUT2D eigenvalue weighted by molar-refractivity contribution is 6.04. The minimum Gasteiger partial charge on any atom is -0.340 e. The summed E-state index contributed by atoms with van der Waals surface area (Å²) in [6, 6.07) is 16.9. The predicted octanol–water partition coefficient (Wildman–Crippen LogP) is 4.53. The van der Waals surface area contributed by atoms with E-state index >= 15 is 0 Å². The second-order valence-corrected chi connectivity index (χ2v) is 5.38. The van der Waals surface area contributed by atoms with Crippen molar-refractivity contribution in [3.63, 3.8) is 0 Å². The van der Waals surface area contributed by atoms with E-state index in [1.165, 1.54) is 18.3 Å². The molecule has 4 nitrogen and oxygen atoms in total. The van der Waals surface area contributed by atoms with Crippen LogP contribution in [0.4, 0.5) is 21.6 Å². The molecule has 0 saturated heterocycles. The Labute approximate surface area is 139 Å². The summed E-state index contributed by atoms with van der Waals surface area (Å²) in [5.41, 5.74) is 3.05. The average Bonchev–Trinajstić information content (AvgIpc) is 2.59. The minimum atomic E-state index is -0.295. The molecule has 0 fully saturated rings. The number of aryl methyl sites for hydroxylation is 1. The first kappa shape index (κ1) is 15.7. The van der Waals surface area contributed by atoms with E-state index in [4.69, 9.17) is 0 Å². The Morgan fingerprint density at radius 2 is 1.58 bits per heavy atom. The summed E-state index contributed by atoms with van der Waals surface area (Å²) in [6.07, 6.45) is 1.50. The molecule has 3 aromatic rings. The Morgan fingerprint density at radius 3 is 2.21 bits per heavy atom. The summed E-state index contributed by atoms with van der Waals surface area (Å²) in [7, 11) is 0. The molecule has 5 heteroatoms. The highest BCUT2D eigenvalue weighted by Crippen LogP contribution is 2.16. The van der Waals surface area contributed by atoms with Crippen LogP contribution in [0.3, 0.4) is 0 Å². The number of hydrogen-bond donors (Lipinski definition) is 2. The van der Waals surface area contributed by atoms with Crippen LogP contribution in [0.25, 0.3) is 0 Å². The van der Waals surface area contributed by atoms with Crippen LogP contribution < -0.4 is 10.6 Å². The molecule has 1 aromatic heterocycles. The zero-order chi connectivity index (χ0) is 16.9. The third kappa shape index (κ3) is 3.95. The highest BCUT2D eigenvalue weighted by atomic mass is 19.1. The molecule has 0 aliphatic rings. The van der Waals surface area contributed by atoms with E-state index < -0.39 is 0 Å². The van der Waals surface area contributed by atoms with E-state index in [0.29, 0.717) is 11.4 Å². The fraction of sp³-hybridized carbons (Fsp3) is 0.0526. The molecule has 1 amide bonds. The van der Waals surface area contributed by atoms with E-state index in [9.17, 15) is 9.18 Å². The Balaban J connectivity index is 1.66. The second kappa shape index (κ2) is 6.91. The van der Waals surface area contributed by atoms with Crippen molar-refractivity contribution in [2.24, 2.45) is 0 Å². The topological polar surface area (TPSA) is 54.0 Å². The number of benzene rings is 2. The van der Waals surface area contributed by atoms with Gasteiger partial charge in [0.2, 0.25) is 0 Å². The lowest BCUT2D eigenvalue weighted by molar-refractivity contribution is 0.102. The Bertz CT molecular complexity index is 828. The molecule has 2 N–H and O–H groups in total. The van der Waals surface area contributed by atoms with Crippen LogP contribution in [0.2, 0.25) is 0 Å². The lowest BCUT2D eigenvalue weighted by atomic mass is 10.2. The molecule has 1 heterocycles. The summed E-state index contributed by atoms with van der Waals surface area (Å²) in [4.78, 5) is 16.4. The molecule has 0 saturated carbocycles. The van der Waals surface area contributed by atoms with Gasteiger partial charge >= 0.3 is 0 Å². The van der Waals surface area contributed by atoms with Gasteiger partial charge in [0.15, 0.2) is 0 Å². The molecule has 0 unspecified atom stereocenters. The maximum atomic E-state index is 12.9. The van der Waals surface area contributed by atoms with Gasteiger partial charge in [0.25, 0.3) is 5.91 Å². The molecule has 0 bridgehead atoms. The smallest absolute Gasteiger partial charge is 0.257 e. The third-order valence-corrected chi connectivity index (χ3v) is 3.45. The molecule has 24 heavy (non-hydrogen) atoms. The van der Waals surface area contributed by atoms with Crippen LogP contribution in [0.5, 0.6) is 0 Å². The number of carbonyl (C=O) groups excluding carboxylic acids is 1. The summed E-state index contributed by atoms with van der Waals surface area (Å²) in [5.74, 6) is 0.0600. The largest absolute Gasteiger partial charge is 0.340 e. The first-order valence-electron chi connectivity index (χ1n) is 7.47. The lowest BCUT2D eigenvalue weighted by Crippen LogP contribution is -2.12. The van der Waals surface area contributed by atoms with Crippen molar-refractivity contribution in [2.75, 3.05) is 10.6 Å². The van der Waals surface area contributed by atoms with Crippen molar-refractivity contribution in [3.8, 4) is 0 Å². The van der Waals surface area contributed by atoms with Gasteiger partial charge in [-0.25, -0.2) is 9.37 Å². The SMILES string of the molecule is Cc1ccc(NC(=O)c2ccc(Nc3ccc(F)cc3)nc2)cc1. The molecule has 2 aromatic carbocycles. The van der Waals surface area contributed by atoms with Crippen LogP contribution in [-0.4, -0.2) is 10.9 Å². The number of carbonyl (C=O) groups is 1. The van der Waals surface area contributed by atoms with Gasteiger partial charge in [0.1, 0.15) is 11.6 Å². The Hall–Kier alpha value is -3.21. The summed E-state index contributed by atoms with van der Waals surface area (Å²) in [6.45, 7) is 1.99. The van der Waals surface area contributed by atoms with E-state index in [-0.39, 0.29) is 11.7 Å². The first-order valence-corrected chi connectivity index (χ1v) is 7.47. The van der Waals surface area contributed by atoms with E-state index in [2.05, 4.69) is 15.6 Å². The van der Waals surface area contributed by atoms with Gasteiger partial charge in [-0.15, -0.1) is 0 Å². The quantitative estimate of drug-likeness (QED) is 0.742. The van der Waals surface area contributed by atoms with Gasteiger partial charge in [0, 0.05) is 17.6 Å². The van der Waals surface area contributed by atoms with Gasteiger partial charge in [-0.1, -0.05) is 17.7 Å². The molecule has 0 spiro atoms. The number of nitrogens with zero attached hydrogens (tertiary/aromatic N) is 1. The van der Waals surface area contributed by atoms with Gasteiger partial charge in [0.05, 0.1) is 5.56 Å². The predicted molar refractivity (Wildman–Crippen MR) is 93.1 cm³/mol. The molecular formula is C19H16FN3O. The maximum Gasteiger partial charge on any atom is 0.257 e. The van der Waals surface area contributed by atoms with Crippen molar-refractivity contribution >= 4 is 23.1 Å². The van der Waals surface area contributed by atoms with Crippen molar-refractivity contribution in [1.82, 2.24) is 4.98 Å². The van der Waals surface area contributed by atoms with Crippen molar-refractivity contribution in [1.29, 1.82) is 0 Å². The van der Waals surface area contributed by atoms with E-state index in [0.717, 1.165) is 16.9 Å². The molecule has 0 aliphatic carbocycles. The number of pyridine rings is 1. The summed E-state index contributed by atoms with van der Waals surface area (Å²) >= 11 is 0. The third-order valence-electron chi connectivity index (χ3n) is 3.45. The van der Waals surface area contributed by atoms with Gasteiger partial charge < -0.3 is 10.6 Å². The van der Waals surface area contributed by atoms with Gasteiger partial charge in [-0.2, -0.15) is 0 Å². The van der Waals surface area contributed by atoms with Crippen LogP contribution in [0.1, 0.15) is 15.9 Å². The van der Waals surface area contributed by atoms with Crippen molar-refractivity contribution in [3.05, 3.63) is 83.8 Å². The van der Waals surface area contributed by atoms with Crippen LogP contribution >= 0.6 is 0 Å². The fourth-order valence-corrected chi connectivity index (χ4v) is 2.12. The Morgan fingerprint density at radius 1 is 0.917 bits per heavy atom. The van der Waals surface area contributed by atoms with Crippen LogP contribution in [-0.2, 0) is 0 Å². The average molecular weight is 321 g/mol. The Kier molecular flexibility index (Phi) is 4.52. The number of hydrogen-bond acceptors (Lipinski definition) is 3. The molecule has 0 radical (unpaired) electrons. The minimum absolute atomic E-state index is 0.223. The van der Waals surface area contributed by atoms with Crippen molar-refractivity contribution in [2.45, 2.75) is 6.92 Å². The lowest BCUT2D eigenvalue weighted by Gasteiger charge is -2.08. The fourth-order valence-electron chi connectivity index (χ4n) is 2.12. The number of halogens is 1. The molecule has 0 atom stereocenters. The van der Waals surface area contributed by atoms with Crippen molar-refractivity contribution < 1.29 is 9.18 Å². The van der Waals surface area contributed by atoms with E-state index in [1.54, 1.807) is 24.3 Å². The van der Waals surface area contributed by atoms with Crippen LogP contribution in [0.15, 0.2) is 66.9 Å². The van der Waals surface area contributed by atoms with Gasteiger partial charge in [-0.05, 0) is 55.5 Å². The number of amides is 1. The standard InChI is InChI=1S/C19H16FN3O/c1-13-2-7-17(8-3-13)23-19(24)14-4-11-18(21-12-14)22-16-9-5-15(20)6-10-16/h2-12H,1H3,(H,21,22)(H,23,24). The van der Waals surface area contributed by atoms with Gasteiger partial charge in [-0.3, -0.25) is 4.79 Å². The number of anilines is 3. The zero-order valence-corrected chi connectivity index (χ0v) is 13.1. The normalized spacial score (nSPS) is 10.2. The molecule has 3 rings (SSSR count). The first-order chi connectivity index (χ1) is 11.6.